The van der Waals surface area contributed by atoms with Crippen molar-refractivity contribution < 1.29 is 13.2 Å². The molecule has 3 N–H and O–H groups in total. The first-order chi connectivity index (χ1) is 8.49. The molecule has 0 bridgehead atoms. The van der Waals surface area contributed by atoms with Crippen LogP contribution in [-0.2, 0) is 21.2 Å². The average molecular weight is 268 g/mol. The van der Waals surface area contributed by atoms with Gasteiger partial charge in [-0.15, -0.1) is 0 Å². The minimum Gasteiger partial charge on any atom is -0.320 e. The zero-order valence-electron chi connectivity index (χ0n) is 9.87. The van der Waals surface area contributed by atoms with Gasteiger partial charge in [0.2, 0.25) is 10.0 Å². The van der Waals surface area contributed by atoms with Gasteiger partial charge in [-0.3, -0.25) is 9.52 Å². The normalized spacial score (nSPS) is 17.2. The Balaban J connectivity index is 1.93. The summed E-state index contributed by atoms with van der Waals surface area (Å²) in [7, 11) is -3.50. The third kappa shape index (κ3) is 3.30. The summed E-state index contributed by atoms with van der Waals surface area (Å²) >= 11 is 0. The van der Waals surface area contributed by atoms with E-state index >= 15 is 0 Å². The fourth-order valence-electron chi connectivity index (χ4n) is 1.64. The number of nitrogens with two attached hydrogens (primary N) is 1. The molecule has 6 heteroatoms. The molecule has 0 unspecified atom stereocenters. The lowest BCUT2D eigenvalue weighted by Crippen LogP contribution is -2.45. The van der Waals surface area contributed by atoms with E-state index in [2.05, 4.69) is 0 Å². The van der Waals surface area contributed by atoms with Gasteiger partial charge in [0, 0.05) is 0 Å². The standard InChI is InChI=1S/C12H16N2O3S/c13-11(8-9-4-2-1-3-5-9)12(15)14-18(16,17)10-6-7-10/h1-5,10-11H,6-8,13H2,(H,14,15)/t11-/m1/s1. The SMILES string of the molecule is N[C@H](Cc1ccccc1)C(=O)NS(=O)(=O)C1CC1. The maximum atomic E-state index is 11.7. The van der Waals surface area contributed by atoms with Gasteiger partial charge in [0.05, 0.1) is 11.3 Å². The summed E-state index contributed by atoms with van der Waals surface area (Å²) in [4.78, 5) is 11.7. The highest BCUT2D eigenvalue weighted by molar-refractivity contribution is 7.90. The maximum absolute atomic E-state index is 11.7. The Morgan fingerprint density at radius 3 is 2.50 bits per heavy atom. The van der Waals surface area contributed by atoms with Crippen LogP contribution < -0.4 is 10.5 Å². The Labute approximate surface area is 106 Å². The van der Waals surface area contributed by atoms with E-state index in [0.717, 1.165) is 5.56 Å². The van der Waals surface area contributed by atoms with E-state index in [1.807, 2.05) is 35.1 Å². The van der Waals surface area contributed by atoms with Crippen molar-refractivity contribution in [3.05, 3.63) is 35.9 Å². The smallest absolute Gasteiger partial charge is 0.250 e. The van der Waals surface area contributed by atoms with Crippen LogP contribution in [0.1, 0.15) is 18.4 Å². The zero-order valence-corrected chi connectivity index (χ0v) is 10.7. The molecule has 0 radical (unpaired) electrons. The van der Waals surface area contributed by atoms with Crippen molar-refractivity contribution >= 4 is 15.9 Å². The van der Waals surface area contributed by atoms with Crippen LogP contribution >= 0.6 is 0 Å². The molecule has 1 aliphatic rings. The molecular weight excluding hydrogens is 252 g/mol. The molecule has 1 aromatic rings. The van der Waals surface area contributed by atoms with Gasteiger partial charge in [0.1, 0.15) is 0 Å². The van der Waals surface area contributed by atoms with Crippen LogP contribution in [0, 0.1) is 0 Å². The molecule has 1 aromatic carbocycles. The fourth-order valence-corrected chi connectivity index (χ4v) is 2.99. The first-order valence-corrected chi connectivity index (χ1v) is 7.38. The monoisotopic (exact) mass is 268 g/mol. The van der Waals surface area contributed by atoms with Gasteiger partial charge in [-0.05, 0) is 24.8 Å². The molecule has 0 saturated heterocycles. The molecule has 98 valence electrons. The molecule has 1 atom stereocenters. The van der Waals surface area contributed by atoms with Crippen molar-refractivity contribution in [2.24, 2.45) is 5.73 Å². The molecular formula is C12H16N2O3S. The third-order valence-electron chi connectivity index (χ3n) is 2.84. The van der Waals surface area contributed by atoms with Gasteiger partial charge in [-0.2, -0.15) is 0 Å². The number of hydrogen-bond donors (Lipinski definition) is 2. The van der Waals surface area contributed by atoms with E-state index in [4.69, 9.17) is 5.73 Å². The van der Waals surface area contributed by atoms with Crippen molar-refractivity contribution in [2.45, 2.75) is 30.6 Å². The van der Waals surface area contributed by atoms with E-state index in [1.165, 1.54) is 0 Å². The van der Waals surface area contributed by atoms with Crippen molar-refractivity contribution in [1.82, 2.24) is 4.72 Å². The van der Waals surface area contributed by atoms with Gasteiger partial charge in [-0.1, -0.05) is 30.3 Å². The lowest BCUT2D eigenvalue weighted by Gasteiger charge is -2.12. The molecule has 18 heavy (non-hydrogen) atoms. The minimum atomic E-state index is -3.50. The first kappa shape index (κ1) is 13.0. The quantitative estimate of drug-likeness (QED) is 0.796. The van der Waals surface area contributed by atoms with E-state index in [0.29, 0.717) is 19.3 Å². The lowest BCUT2D eigenvalue weighted by atomic mass is 10.1. The highest BCUT2D eigenvalue weighted by Gasteiger charge is 2.37. The average Bonchev–Trinajstić information content (AvgIpc) is 3.13. The predicted octanol–water partition coefficient (Wildman–Crippen LogP) is 0.165. The van der Waals surface area contributed by atoms with Gasteiger partial charge >= 0.3 is 0 Å². The zero-order chi connectivity index (χ0) is 13.2. The topological polar surface area (TPSA) is 89.3 Å². The second-order valence-corrected chi connectivity index (χ2v) is 6.47. The highest BCUT2D eigenvalue weighted by atomic mass is 32.2. The molecule has 1 saturated carbocycles. The van der Waals surface area contributed by atoms with Gasteiger partial charge in [0.15, 0.2) is 0 Å². The number of sulfonamides is 1. The van der Waals surface area contributed by atoms with Gasteiger partial charge in [-0.25, -0.2) is 8.42 Å². The van der Waals surface area contributed by atoms with Crippen LogP contribution in [0.3, 0.4) is 0 Å². The number of benzene rings is 1. The molecule has 1 fully saturated rings. The Morgan fingerprint density at radius 1 is 1.33 bits per heavy atom. The van der Waals surface area contributed by atoms with Gasteiger partial charge in [0.25, 0.3) is 5.91 Å². The molecule has 0 heterocycles. The number of amides is 1. The number of carbonyl (C=O) groups is 1. The van der Waals surface area contributed by atoms with E-state index in [9.17, 15) is 13.2 Å². The Morgan fingerprint density at radius 2 is 1.94 bits per heavy atom. The summed E-state index contributed by atoms with van der Waals surface area (Å²) in [5.74, 6) is -0.634. The van der Waals surface area contributed by atoms with Crippen molar-refractivity contribution in [1.29, 1.82) is 0 Å². The van der Waals surface area contributed by atoms with Crippen molar-refractivity contribution in [3.8, 4) is 0 Å². The number of rotatable bonds is 5. The Kier molecular flexibility index (Phi) is 3.68. The first-order valence-electron chi connectivity index (χ1n) is 5.84. The number of hydrogen-bond acceptors (Lipinski definition) is 4. The van der Waals surface area contributed by atoms with Crippen LogP contribution in [0.4, 0.5) is 0 Å². The molecule has 1 aliphatic carbocycles. The predicted molar refractivity (Wildman–Crippen MR) is 68.2 cm³/mol. The fraction of sp³-hybridized carbons (Fsp3) is 0.417. The van der Waals surface area contributed by atoms with Crippen molar-refractivity contribution in [3.63, 3.8) is 0 Å². The molecule has 0 spiro atoms. The van der Waals surface area contributed by atoms with Crippen LogP contribution in [0.15, 0.2) is 30.3 Å². The summed E-state index contributed by atoms with van der Waals surface area (Å²) < 4.78 is 25.2. The van der Waals surface area contributed by atoms with E-state index < -0.39 is 27.2 Å². The van der Waals surface area contributed by atoms with Crippen LogP contribution in [0.2, 0.25) is 0 Å². The Bertz CT molecular complexity index is 524. The summed E-state index contributed by atoms with van der Waals surface area (Å²) in [5.41, 5.74) is 6.61. The summed E-state index contributed by atoms with van der Waals surface area (Å²) in [6, 6.07) is 8.42. The van der Waals surface area contributed by atoms with Crippen LogP contribution in [0.5, 0.6) is 0 Å². The van der Waals surface area contributed by atoms with Crippen LogP contribution in [-0.4, -0.2) is 25.6 Å². The number of carbonyl (C=O) groups excluding carboxylic acids is 1. The third-order valence-corrected chi connectivity index (χ3v) is 4.68. The largest absolute Gasteiger partial charge is 0.320 e. The van der Waals surface area contributed by atoms with E-state index in [-0.39, 0.29) is 0 Å². The second-order valence-electron chi connectivity index (χ2n) is 4.51. The van der Waals surface area contributed by atoms with E-state index in [1.54, 1.807) is 0 Å². The minimum absolute atomic E-state index is 0.326. The Hall–Kier alpha value is -1.40. The highest BCUT2D eigenvalue weighted by Crippen LogP contribution is 2.27. The lowest BCUT2D eigenvalue weighted by molar-refractivity contribution is -0.120. The summed E-state index contributed by atoms with van der Waals surface area (Å²) in [6.45, 7) is 0. The van der Waals surface area contributed by atoms with Gasteiger partial charge < -0.3 is 5.73 Å². The maximum Gasteiger partial charge on any atom is 0.250 e. The second kappa shape index (κ2) is 5.07. The summed E-state index contributed by atoms with van der Waals surface area (Å²) in [5, 5.41) is -0.412. The van der Waals surface area contributed by atoms with Crippen molar-refractivity contribution in [2.75, 3.05) is 0 Å². The molecule has 0 aliphatic heterocycles. The molecule has 2 rings (SSSR count). The summed E-state index contributed by atoms with van der Waals surface area (Å²) in [6.07, 6.45) is 1.57. The number of nitrogens with one attached hydrogen (secondary N) is 1. The molecule has 1 amide bonds. The molecule has 5 nitrogen and oxygen atoms in total. The van der Waals surface area contributed by atoms with Crippen LogP contribution in [0.25, 0.3) is 0 Å². The molecule has 0 aromatic heterocycles.